The van der Waals surface area contributed by atoms with Gasteiger partial charge < -0.3 is 19.9 Å². The van der Waals surface area contributed by atoms with Gasteiger partial charge >= 0.3 is 0 Å². The van der Waals surface area contributed by atoms with E-state index in [0.29, 0.717) is 0 Å². The average molecular weight is 290 g/mol. The van der Waals surface area contributed by atoms with Crippen LogP contribution in [0.15, 0.2) is 18.2 Å². The summed E-state index contributed by atoms with van der Waals surface area (Å²) in [6.07, 6.45) is 3.01. The van der Waals surface area contributed by atoms with Crippen LogP contribution in [-0.2, 0) is 6.54 Å². The number of unbranched alkanes of at least 4 members (excludes halogenated alkanes) is 2. The Morgan fingerprint density at radius 2 is 1.89 bits per heavy atom. The number of para-hydroxylation sites is 1. The largest absolute Gasteiger partial charge is 0.493 e. The Morgan fingerprint density at radius 3 is 2.53 bits per heavy atom. The van der Waals surface area contributed by atoms with Crippen LogP contribution in [0.4, 0.5) is 0 Å². The van der Waals surface area contributed by atoms with Gasteiger partial charge in [0.1, 0.15) is 0 Å². The van der Waals surface area contributed by atoms with Crippen molar-refractivity contribution < 1.29 is 14.6 Å². The van der Waals surface area contributed by atoms with Crippen LogP contribution in [0, 0.1) is 0 Å². The van der Waals surface area contributed by atoms with Gasteiger partial charge in [-0.15, -0.1) is 12.4 Å². The molecule has 0 atom stereocenters. The molecular weight excluding hydrogens is 266 g/mol. The van der Waals surface area contributed by atoms with Gasteiger partial charge in [-0.1, -0.05) is 12.1 Å². The van der Waals surface area contributed by atoms with E-state index >= 15 is 0 Å². The molecule has 1 aromatic carbocycles. The van der Waals surface area contributed by atoms with Gasteiger partial charge in [0, 0.05) is 18.7 Å². The number of hydrogen-bond donors (Lipinski definition) is 2. The predicted octanol–water partition coefficient (Wildman–Crippen LogP) is 2.38. The fraction of sp³-hybridized carbons (Fsp3) is 0.571. The van der Waals surface area contributed by atoms with E-state index in [-0.39, 0.29) is 19.0 Å². The van der Waals surface area contributed by atoms with Gasteiger partial charge in [0.15, 0.2) is 11.5 Å². The maximum Gasteiger partial charge on any atom is 0.165 e. The number of halogens is 1. The molecule has 1 aromatic rings. The van der Waals surface area contributed by atoms with E-state index in [0.717, 1.165) is 49.4 Å². The third kappa shape index (κ3) is 6.14. The third-order valence-electron chi connectivity index (χ3n) is 2.81. The molecule has 0 amide bonds. The van der Waals surface area contributed by atoms with Crippen molar-refractivity contribution in [3.05, 3.63) is 23.8 Å². The highest BCUT2D eigenvalue weighted by Crippen LogP contribution is 2.30. The van der Waals surface area contributed by atoms with Crippen molar-refractivity contribution in [2.24, 2.45) is 0 Å². The molecule has 0 heterocycles. The molecule has 0 bridgehead atoms. The number of rotatable bonds is 9. The SMILES string of the molecule is COc1cccc(CNCCCCCO)c1OC.Cl. The number of methoxy groups -OCH3 is 2. The van der Waals surface area contributed by atoms with E-state index < -0.39 is 0 Å². The molecule has 0 aromatic heterocycles. The van der Waals surface area contributed by atoms with Crippen molar-refractivity contribution in [2.75, 3.05) is 27.4 Å². The van der Waals surface area contributed by atoms with Crippen LogP contribution in [0.2, 0.25) is 0 Å². The minimum Gasteiger partial charge on any atom is -0.493 e. The van der Waals surface area contributed by atoms with Crippen LogP contribution in [0.1, 0.15) is 24.8 Å². The molecule has 0 unspecified atom stereocenters. The zero-order chi connectivity index (χ0) is 13.2. The van der Waals surface area contributed by atoms with Crippen molar-refractivity contribution in [1.82, 2.24) is 5.32 Å². The van der Waals surface area contributed by atoms with Gasteiger partial charge in [-0.05, 0) is 31.9 Å². The monoisotopic (exact) mass is 289 g/mol. The smallest absolute Gasteiger partial charge is 0.165 e. The second-order valence-corrected chi connectivity index (χ2v) is 4.11. The van der Waals surface area contributed by atoms with Crippen molar-refractivity contribution in [3.63, 3.8) is 0 Å². The summed E-state index contributed by atoms with van der Waals surface area (Å²) < 4.78 is 10.6. The molecule has 0 aliphatic carbocycles. The maximum absolute atomic E-state index is 8.68. The lowest BCUT2D eigenvalue weighted by Gasteiger charge is -2.13. The zero-order valence-corrected chi connectivity index (χ0v) is 12.5. The third-order valence-corrected chi connectivity index (χ3v) is 2.81. The van der Waals surface area contributed by atoms with E-state index in [1.165, 1.54) is 0 Å². The first-order valence-corrected chi connectivity index (χ1v) is 6.35. The molecule has 0 radical (unpaired) electrons. The summed E-state index contributed by atoms with van der Waals surface area (Å²) >= 11 is 0. The van der Waals surface area contributed by atoms with Crippen LogP contribution in [0.3, 0.4) is 0 Å². The van der Waals surface area contributed by atoms with E-state index in [9.17, 15) is 0 Å². The van der Waals surface area contributed by atoms with Gasteiger partial charge in [-0.3, -0.25) is 0 Å². The summed E-state index contributed by atoms with van der Waals surface area (Å²) in [5.74, 6) is 1.56. The molecule has 0 aliphatic heterocycles. The van der Waals surface area contributed by atoms with Crippen LogP contribution in [-0.4, -0.2) is 32.5 Å². The first kappa shape index (κ1) is 18.0. The number of benzene rings is 1. The van der Waals surface area contributed by atoms with Crippen LogP contribution in [0.5, 0.6) is 11.5 Å². The zero-order valence-electron chi connectivity index (χ0n) is 11.6. The Morgan fingerprint density at radius 1 is 1.11 bits per heavy atom. The minimum absolute atomic E-state index is 0. The number of hydrogen-bond acceptors (Lipinski definition) is 4. The molecule has 0 aliphatic rings. The van der Waals surface area contributed by atoms with Crippen LogP contribution >= 0.6 is 12.4 Å². The summed E-state index contributed by atoms with van der Waals surface area (Å²) in [5, 5.41) is 12.0. The molecular formula is C14H24ClNO3. The first-order chi connectivity index (χ1) is 8.83. The number of aliphatic hydroxyl groups excluding tert-OH is 1. The highest BCUT2D eigenvalue weighted by atomic mass is 35.5. The van der Waals surface area contributed by atoms with Crippen molar-refractivity contribution >= 4 is 12.4 Å². The minimum atomic E-state index is 0. The van der Waals surface area contributed by atoms with E-state index in [4.69, 9.17) is 14.6 Å². The van der Waals surface area contributed by atoms with Crippen molar-refractivity contribution in [1.29, 1.82) is 0 Å². The molecule has 0 saturated heterocycles. The standard InChI is InChI=1S/C14H23NO3.ClH/c1-17-13-8-6-7-12(14(13)18-2)11-15-9-4-3-5-10-16;/h6-8,15-16H,3-5,9-11H2,1-2H3;1H. The lowest BCUT2D eigenvalue weighted by Crippen LogP contribution is -2.15. The summed E-state index contributed by atoms with van der Waals surface area (Å²) in [7, 11) is 3.30. The molecule has 0 saturated carbocycles. The Balaban J connectivity index is 0.00000324. The Bertz CT molecular complexity index is 347. The summed E-state index contributed by atoms with van der Waals surface area (Å²) in [6, 6.07) is 5.88. The van der Waals surface area contributed by atoms with Gasteiger partial charge in [0.2, 0.25) is 0 Å². The van der Waals surface area contributed by atoms with E-state index in [2.05, 4.69) is 5.32 Å². The summed E-state index contributed by atoms with van der Waals surface area (Å²) in [4.78, 5) is 0. The second-order valence-electron chi connectivity index (χ2n) is 4.11. The van der Waals surface area contributed by atoms with Crippen molar-refractivity contribution in [3.8, 4) is 11.5 Å². The lowest BCUT2D eigenvalue weighted by atomic mass is 10.1. The van der Waals surface area contributed by atoms with Crippen LogP contribution in [0.25, 0.3) is 0 Å². The molecule has 19 heavy (non-hydrogen) atoms. The molecule has 110 valence electrons. The molecule has 5 heteroatoms. The molecule has 0 fully saturated rings. The molecule has 1 rings (SSSR count). The maximum atomic E-state index is 8.68. The fourth-order valence-corrected chi connectivity index (χ4v) is 1.85. The second kappa shape index (κ2) is 10.9. The molecule has 0 spiro atoms. The Kier molecular flexibility index (Phi) is 10.4. The summed E-state index contributed by atoms with van der Waals surface area (Å²) in [6.45, 7) is 1.99. The Hall–Kier alpha value is -0.970. The van der Waals surface area contributed by atoms with Gasteiger partial charge in [-0.25, -0.2) is 0 Å². The topological polar surface area (TPSA) is 50.7 Å². The van der Waals surface area contributed by atoms with E-state index in [1.54, 1.807) is 14.2 Å². The quantitative estimate of drug-likeness (QED) is 0.685. The van der Waals surface area contributed by atoms with Crippen molar-refractivity contribution in [2.45, 2.75) is 25.8 Å². The molecule has 2 N–H and O–H groups in total. The average Bonchev–Trinajstić information content (AvgIpc) is 2.42. The van der Waals surface area contributed by atoms with Gasteiger partial charge in [0.05, 0.1) is 14.2 Å². The Labute approximate surface area is 121 Å². The van der Waals surface area contributed by atoms with E-state index in [1.807, 2.05) is 18.2 Å². The number of aliphatic hydroxyl groups is 1. The van der Waals surface area contributed by atoms with Crippen LogP contribution < -0.4 is 14.8 Å². The summed E-state index contributed by atoms with van der Waals surface area (Å²) in [5.41, 5.74) is 1.10. The fourth-order valence-electron chi connectivity index (χ4n) is 1.85. The highest BCUT2D eigenvalue weighted by molar-refractivity contribution is 5.85. The molecule has 4 nitrogen and oxygen atoms in total. The lowest BCUT2D eigenvalue weighted by molar-refractivity contribution is 0.283. The van der Waals surface area contributed by atoms with Gasteiger partial charge in [0.25, 0.3) is 0 Å². The predicted molar refractivity (Wildman–Crippen MR) is 79.4 cm³/mol. The van der Waals surface area contributed by atoms with Gasteiger partial charge in [-0.2, -0.15) is 0 Å². The normalized spacial score (nSPS) is 9.84. The number of ether oxygens (including phenoxy) is 2. The number of nitrogens with one attached hydrogen (secondary N) is 1. The first-order valence-electron chi connectivity index (χ1n) is 6.35. The highest BCUT2D eigenvalue weighted by Gasteiger charge is 2.08.